The molecule has 2 amide bonds. The second kappa shape index (κ2) is 10.6. The average molecular weight is 483 g/mol. The standard InChI is InChI=1S/C26H25F3N4O2/c27-26(28,29)22-9-5-4-8-21(22)25(35)33-16-14-32(15-17-33)23-11-10-20(18-31-23)24(34)30-13-12-19-6-2-1-3-7-19/h1-11,18H,12-17H2,(H,30,34). The van der Waals surface area contributed by atoms with E-state index in [-0.39, 0.29) is 24.6 Å². The molecule has 9 heteroatoms. The van der Waals surface area contributed by atoms with E-state index in [1.165, 1.54) is 29.3 Å². The first-order chi connectivity index (χ1) is 16.8. The third-order valence-corrected chi connectivity index (χ3v) is 5.91. The van der Waals surface area contributed by atoms with Gasteiger partial charge in [-0.2, -0.15) is 13.2 Å². The van der Waals surface area contributed by atoms with Crippen LogP contribution in [0, 0.1) is 0 Å². The first-order valence-corrected chi connectivity index (χ1v) is 11.3. The maximum atomic E-state index is 13.3. The summed E-state index contributed by atoms with van der Waals surface area (Å²) in [5.41, 5.74) is 0.320. The molecule has 1 fully saturated rings. The summed E-state index contributed by atoms with van der Waals surface area (Å²) in [5, 5.41) is 2.88. The summed E-state index contributed by atoms with van der Waals surface area (Å²) in [6.07, 6.45) is -2.35. The summed E-state index contributed by atoms with van der Waals surface area (Å²) < 4.78 is 39.8. The zero-order chi connectivity index (χ0) is 24.8. The van der Waals surface area contributed by atoms with Crippen LogP contribution in [-0.4, -0.2) is 54.4 Å². The minimum absolute atomic E-state index is 0.210. The minimum atomic E-state index is -4.59. The van der Waals surface area contributed by atoms with Gasteiger partial charge in [0.05, 0.1) is 16.7 Å². The highest BCUT2D eigenvalue weighted by Crippen LogP contribution is 2.32. The molecule has 1 N–H and O–H groups in total. The van der Waals surface area contributed by atoms with E-state index in [0.717, 1.165) is 18.1 Å². The normalized spacial score (nSPS) is 14.0. The number of amides is 2. The number of aromatic nitrogens is 1. The summed E-state index contributed by atoms with van der Waals surface area (Å²) in [4.78, 5) is 32.9. The minimum Gasteiger partial charge on any atom is -0.353 e. The number of alkyl halides is 3. The summed E-state index contributed by atoms with van der Waals surface area (Å²) in [6.45, 7) is 1.91. The third-order valence-electron chi connectivity index (χ3n) is 5.91. The molecule has 6 nitrogen and oxygen atoms in total. The van der Waals surface area contributed by atoms with Crippen LogP contribution in [0.25, 0.3) is 0 Å². The van der Waals surface area contributed by atoms with Gasteiger partial charge >= 0.3 is 6.18 Å². The molecule has 1 saturated heterocycles. The highest BCUT2D eigenvalue weighted by atomic mass is 19.4. The maximum absolute atomic E-state index is 13.3. The molecule has 4 rings (SSSR count). The van der Waals surface area contributed by atoms with Gasteiger partial charge in [-0.3, -0.25) is 9.59 Å². The van der Waals surface area contributed by atoms with Crippen molar-refractivity contribution in [3.05, 3.63) is 95.2 Å². The fourth-order valence-corrected chi connectivity index (χ4v) is 4.00. The Hall–Kier alpha value is -3.88. The van der Waals surface area contributed by atoms with Gasteiger partial charge in [-0.1, -0.05) is 42.5 Å². The smallest absolute Gasteiger partial charge is 0.353 e. The predicted octanol–water partition coefficient (Wildman–Crippen LogP) is 4.04. The van der Waals surface area contributed by atoms with Crippen LogP contribution in [0.15, 0.2) is 72.9 Å². The number of piperazine rings is 1. The van der Waals surface area contributed by atoms with Crippen molar-refractivity contribution in [2.75, 3.05) is 37.6 Å². The monoisotopic (exact) mass is 482 g/mol. The Bertz CT molecular complexity index is 1160. The van der Waals surface area contributed by atoms with Gasteiger partial charge in [0, 0.05) is 38.9 Å². The lowest BCUT2D eigenvalue weighted by Crippen LogP contribution is -2.49. The number of hydrogen-bond donors (Lipinski definition) is 1. The lowest BCUT2D eigenvalue weighted by Gasteiger charge is -2.35. The quantitative estimate of drug-likeness (QED) is 0.576. The Labute approximate surface area is 201 Å². The first-order valence-electron chi connectivity index (χ1n) is 11.3. The molecule has 0 radical (unpaired) electrons. The largest absolute Gasteiger partial charge is 0.417 e. The van der Waals surface area contributed by atoms with Crippen LogP contribution in [0.2, 0.25) is 0 Å². The topological polar surface area (TPSA) is 65.5 Å². The Kier molecular flexibility index (Phi) is 7.33. The van der Waals surface area contributed by atoms with Crippen LogP contribution >= 0.6 is 0 Å². The van der Waals surface area contributed by atoms with Gasteiger partial charge in [0.15, 0.2) is 0 Å². The lowest BCUT2D eigenvalue weighted by atomic mass is 10.1. The van der Waals surface area contributed by atoms with Crippen molar-refractivity contribution in [1.29, 1.82) is 0 Å². The van der Waals surface area contributed by atoms with Crippen molar-refractivity contribution in [2.24, 2.45) is 0 Å². The van der Waals surface area contributed by atoms with Crippen molar-refractivity contribution in [3.8, 4) is 0 Å². The molecule has 182 valence electrons. The van der Waals surface area contributed by atoms with Crippen LogP contribution in [0.4, 0.5) is 19.0 Å². The fraction of sp³-hybridized carbons (Fsp3) is 0.269. The molecule has 0 bridgehead atoms. The number of carbonyl (C=O) groups excluding carboxylic acids is 2. The molecular weight excluding hydrogens is 457 g/mol. The van der Waals surface area contributed by atoms with E-state index in [2.05, 4.69) is 10.3 Å². The van der Waals surface area contributed by atoms with Crippen molar-refractivity contribution in [2.45, 2.75) is 12.6 Å². The number of anilines is 1. The number of pyridine rings is 1. The van der Waals surface area contributed by atoms with Crippen molar-refractivity contribution >= 4 is 17.6 Å². The Balaban J connectivity index is 1.30. The molecule has 0 aliphatic carbocycles. The highest BCUT2D eigenvalue weighted by Gasteiger charge is 2.36. The second-order valence-electron chi connectivity index (χ2n) is 8.22. The molecule has 0 unspecified atom stereocenters. The van der Waals surface area contributed by atoms with Crippen molar-refractivity contribution < 1.29 is 22.8 Å². The number of halogens is 3. The second-order valence-corrected chi connectivity index (χ2v) is 8.22. The molecule has 0 saturated carbocycles. The van der Waals surface area contributed by atoms with Gasteiger partial charge < -0.3 is 15.1 Å². The number of carbonyl (C=O) groups is 2. The van der Waals surface area contributed by atoms with Gasteiger partial charge in [-0.25, -0.2) is 4.98 Å². The van der Waals surface area contributed by atoms with Crippen LogP contribution in [0.1, 0.15) is 31.8 Å². The summed E-state index contributed by atoms with van der Waals surface area (Å²) in [6, 6.07) is 18.1. The SMILES string of the molecule is O=C(NCCc1ccccc1)c1ccc(N2CCN(C(=O)c3ccccc3C(F)(F)F)CC2)nc1. The number of nitrogens with one attached hydrogen (secondary N) is 1. The van der Waals surface area contributed by atoms with Crippen LogP contribution in [-0.2, 0) is 12.6 Å². The number of hydrogen-bond acceptors (Lipinski definition) is 4. The Morgan fingerprint density at radius 3 is 2.23 bits per heavy atom. The summed E-state index contributed by atoms with van der Waals surface area (Å²) >= 11 is 0. The zero-order valence-corrected chi connectivity index (χ0v) is 19.0. The van der Waals surface area contributed by atoms with Crippen molar-refractivity contribution in [3.63, 3.8) is 0 Å². The fourth-order valence-electron chi connectivity index (χ4n) is 4.00. The van der Waals surface area contributed by atoms with Gasteiger partial charge in [0.2, 0.25) is 0 Å². The van der Waals surface area contributed by atoms with Crippen LogP contribution < -0.4 is 10.2 Å². The van der Waals surface area contributed by atoms with E-state index in [1.54, 1.807) is 12.1 Å². The van der Waals surface area contributed by atoms with Gasteiger partial charge in [-0.15, -0.1) is 0 Å². The molecular formula is C26H25F3N4O2. The van der Waals surface area contributed by atoms with Gasteiger partial charge in [0.1, 0.15) is 5.82 Å². The molecule has 2 heterocycles. The van der Waals surface area contributed by atoms with Crippen LogP contribution in [0.3, 0.4) is 0 Å². The number of benzene rings is 2. The highest BCUT2D eigenvalue weighted by molar-refractivity contribution is 5.96. The van der Waals surface area contributed by atoms with Crippen LogP contribution in [0.5, 0.6) is 0 Å². The molecule has 0 atom stereocenters. The maximum Gasteiger partial charge on any atom is 0.417 e. The van der Waals surface area contributed by atoms with Gasteiger partial charge in [-0.05, 0) is 36.2 Å². The molecule has 1 aromatic heterocycles. The number of nitrogens with zero attached hydrogens (tertiary/aromatic N) is 3. The molecule has 2 aromatic carbocycles. The zero-order valence-electron chi connectivity index (χ0n) is 19.0. The van der Waals surface area contributed by atoms with E-state index in [1.807, 2.05) is 35.2 Å². The molecule has 1 aliphatic heterocycles. The van der Waals surface area contributed by atoms with E-state index < -0.39 is 17.6 Å². The number of rotatable bonds is 6. The molecule has 0 spiro atoms. The van der Waals surface area contributed by atoms with Crippen molar-refractivity contribution in [1.82, 2.24) is 15.2 Å². The molecule has 3 aromatic rings. The average Bonchev–Trinajstić information content (AvgIpc) is 2.88. The lowest BCUT2D eigenvalue weighted by molar-refractivity contribution is -0.138. The van der Waals surface area contributed by atoms with E-state index >= 15 is 0 Å². The van der Waals surface area contributed by atoms with E-state index in [0.29, 0.717) is 31.0 Å². The van der Waals surface area contributed by atoms with E-state index in [4.69, 9.17) is 0 Å². The summed E-state index contributed by atoms with van der Waals surface area (Å²) in [7, 11) is 0. The first kappa shape index (κ1) is 24.3. The Morgan fingerprint density at radius 1 is 0.886 bits per heavy atom. The molecule has 35 heavy (non-hydrogen) atoms. The predicted molar refractivity (Wildman–Crippen MR) is 126 cm³/mol. The Morgan fingerprint density at radius 2 is 1.57 bits per heavy atom. The summed E-state index contributed by atoms with van der Waals surface area (Å²) in [5.74, 6) is -0.194. The van der Waals surface area contributed by atoms with E-state index in [9.17, 15) is 22.8 Å². The third kappa shape index (κ3) is 5.98. The van der Waals surface area contributed by atoms with Gasteiger partial charge in [0.25, 0.3) is 11.8 Å². The molecule has 1 aliphatic rings.